The maximum atomic E-state index is 14.9. The number of aryl methyl sites for hydroxylation is 1. The van der Waals surface area contributed by atoms with Crippen LogP contribution < -0.4 is 14.5 Å². The number of methoxy groups -OCH3 is 1. The van der Waals surface area contributed by atoms with Crippen LogP contribution in [0.1, 0.15) is 35.0 Å². The zero-order valence-electron chi connectivity index (χ0n) is 20.7. The first-order chi connectivity index (χ1) is 17.5. The van der Waals surface area contributed by atoms with E-state index >= 15 is 0 Å². The van der Waals surface area contributed by atoms with E-state index in [9.17, 15) is 9.18 Å². The third-order valence-electron chi connectivity index (χ3n) is 6.52. The number of fused-ring (bicyclic) bond motifs is 2. The normalized spacial score (nSPS) is 15.9. The topological polar surface area (TPSA) is 77.0 Å². The molecule has 0 N–H and O–H groups in total. The first-order valence-electron chi connectivity index (χ1n) is 12.0. The third kappa shape index (κ3) is 4.49. The molecule has 0 radical (unpaired) electrons. The van der Waals surface area contributed by atoms with E-state index in [1.165, 1.54) is 17.8 Å². The Kier molecular flexibility index (Phi) is 7.27. The predicted octanol–water partition coefficient (Wildman–Crippen LogP) is 4.42. The minimum Gasteiger partial charge on any atom is -0.467 e. The van der Waals surface area contributed by atoms with Crippen molar-refractivity contribution in [1.29, 1.82) is 0 Å². The highest BCUT2D eigenvalue weighted by Crippen LogP contribution is 2.41. The van der Waals surface area contributed by atoms with Gasteiger partial charge in [-0.05, 0) is 42.2 Å². The second kappa shape index (κ2) is 10.6. The molecular formula is C26H29FN4O4S. The fraction of sp³-hybridized carbons (Fsp3) is 0.423. The van der Waals surface area contributed by atoms with Gasteiger partial charge in [-0.1, -0.05) is 24.8 Å². The Bertz CT molecular complexity index is 1300. The molecule has 2 aliphatic rings. The number of thioether (sulfide) groups is 1. The number of hydrogen-bond donors (Lipinski definition) is 0. The molecule has 1 aromatic heterocycles. The molecule has 0 atom stereocenters. The number of ether oxygens (including phenoxy) is 3. The van der Waals surface area contributed by atoms with Gasteiger partial charge in [-0.3, -0.25) is 4.79 Å². The van der Waals surface area contributed by atoms with E-state index in [1.54, 1.807) is 24.1 Å². The van der Waals surface area contributed by atoms with E-state index in [0.717, 1.165) is 18.4 Å². The van der Waals surface area contributed by atoms with Crippen LogP contribution in [0.2, 0.25) is 0 Å². The molecule has 1 fully saturated rings. The van der Waals surface area contributed by atoms with Crippen molar-refractivity contribution in [1.82, 2.24) is 9.97 Å². The van der Waals surface area contributed by atoms with Gasteiger partial charge in [0.25, 0.3) is 5.91 Å². The molecule has 1 saturated heterocycles. The van der Waals surface area contributed by atoms with Crippen molar-refractivity contribution in [2.24, 2.45) is 0 Å². The molecule has 2 aliphatic heterocycles. The van der Waals surface area contributed by atoms with Crippen LogP contribution in [-0.2, 0) is 22.4 Å². The van der Waals surface area contributed by atoms with Crippen molar-refractivity contribution in [2.75, 3.05) is 56.3 Å². The van der Waals surface area contributed by atoms with Crippen molar-refractivity contribution < 1.29 is 23.4 Å². The second-order valence-electron chi connectivity index (χ2n) is 8.67. The summed E-state index contributed by atoms with van der Waals surface area (Å²) >= 11 is 1.45. The Labute approximate surface area is 213 Å². The lowest BCUT2D eigenvalue weighted by Gasteiger charge is -2.24. The van der Waals surface area contributed by atoms with Gasteiger partial charge in [0.05, 0.1) is 24.5 Å². The van der Waals surface area contributed by atoms with E-state index < -0.39 is 0 Å². The van der Waals surface area contributed by atoms with E-state index in [1.807, 2.05) is 19.2 Å². The standard InChI is InChI=1S/C26H29FN4O4S/c1-4-18-19(27)7-6-16-12-17(35-15-33-2)13-21(22(16)18)31-14-20-23(25(31)32)24(29-26(28-20)36-3)30-8-5-10-34-11-9-30/h6-7,12-13H,4-5,8-11,14-15H2,1-3H3. The molecule has 0 unspecified atom stereocenters. The molecule has 0 saturated carbocycles. The average Bonchev–Trinajstić information content (AvgIpc) is 3.05. The SMILES string of the molecule is CCc1c(F)ccc2cc(OCOC)cc(N3Cc4nc(SC)nc(N5CCCOCC5)c4C3=O)c12. The molecule has 0 aliphatic carbocycles. The van der Waals surface area contributed by atoms with Crippen molar-refractivity contribution in [3.05, 3.63) is 46.9 Å². The summed E-state index contributed by atoms with van der Waals surface area (Å²) in [5.41, 5.74) is 2.32. The third-order valence-corrected chi connectivity index (χ3v) is 7.07. The summed E-state index contributed by atoms with van der Waals surface area (Å²) in [5.74, 6) is 0.683. The smallest absolute Gasteiger partial charge is 0.264 e. The lowest BCUT2D eigenvalue weighted by molar-refractivity contribution is 0.0512. The number of anilines is 2. The van der Waals surface area contributed by atoms with E-state index in [-0.39, 0.29) is 25.1 Å². The van der Waals surface area contributed by atoms with E-state index in [2.05, 4.69) is 4.90 Å². The highest BCUT2D eigenvalue weighted by atomic mass is 32.2. The Morgan fingerprint density at radius 1 is 1.19 bits per heavy atom. The van der Waals surface area contributed by atoms with Gasteiger partial charge in [-0.15, -0.1) is 0 Å². The van der Waals surface area contributed by atoms with Gasteiger partial charge in [0.15, 0.2) is 11.9 Å². The Balaban J connectivity index is 1.66. The Morgan fingerprint density at radius 2 is 2.06 bits per heavy atom. The van der Waals surface area contributed by atoms with Gasteiger partial charge in [0, 0.05) is 38.3 Å². The number of carbonyl (C=O) groups is 1. The number of benzene rings is 2. The maximum Gasteiger partial charge on any atom is 0.264 e. The van der Waals surface area contributed by atoms with Crippen molar-refractivity contribution in [2.45, 2.75) is 31.5 Å². The summed E-state index contributed by atoms with van der Waals surface area (Å²) in [6.07, 6.45) is 3.26. The van der Waals surface area contributed by atoms with Crippen LogP contribution in [0.25, 0.3) is 10.8 Å². The number of nitrogens with zero attached hydrogens (tertiary/aromatic N) is 4. The van der Waals surface area contributed by atoms with Crippen LogP contribution in [0, 0.1) is 5.82 Å². The van der Waals surface area contributed by atoms with Crippen LogP contribution >= 0.6 is 11.8 Å². The zero-order valence-corrected chi connectivity index (χ0v) is 21.5. The van der Waals surface area contributed by atoms with E-state index in [0.29, 0.717) is 70.8 Å². The fourth-order valence-electron chi connectivity index (χ4n) is 4.87. The minimum absolute atomic E-state index is 0.0602. The molecule has 10 heteroatoms. The van der Waals surface area contributed by atoms with Gasteiger partial charge in [-0.2, -0.15) is 0 Å². The van der Waals surface area contributed by atoms with Crippen LogP contribution in [0.4, 0.5) is 15.9 Å². The predicted molar refractivity (Wildman–Crippen MR) is 138 cm³/mol. The van der Waals surface area contributed by atoms with Crippen molar-refractivity contribution in [3.63, 3.8) is 0 Å². The Hall–Kier alpha value is -2.95. The van der Waals surface area contributed by atoms with Crippen LogP contribution in [0.3, 0.4) is 0 Å². The summed E-state index contributed by atoms with van der Waals surface area (Å²) in [6, 6.07) is 6.81. The second-order valence-corrected chi connectivity index (χ2v) is 9.44. The van der Waals surface area contributed by atoms with E-state index in [4.69, 9.17) is 24.2 Å². The number of rotatable bonds is 7. The number of hydrogen-bond acceptors (Lipinski definition) is 8. The molecule has 3 heterocycles. The lowest BCUT2D eigenvalue weighted by Crippen LogP contribution is -2.30. The monoisotopic (exact) mass is 512 g/mol. The molecule has 3 aromatic rings. The van der Waals surface area contributed by atoms with Gasteiger partial charge in [0.1, 0.15) is 22.9 Å². The molecule has 8 nitrogen and oxygen atoms in total. The Morgan fingerprint density at radius 3 is 2.83 bits per heavy atom. The summed E-state index contributed by atoms with van der Waals surface area (Å²) in [4.78, 5) is 27.2. The molecule has 0 bridgehead atoms. The minimum atomic E-state index is -0.296. The largest absolute Gasteiger partial charge is 0.467 e. The first-order valence-corrected chi connectivity index (χ1v) is 13.2. The number of aromatic nitrogens is 2. The molecule has 36 heavy (non-hydrogen) atoms. The van der Waals surface area contributed by atoms with Crippen LogP contribution in [0.5, 0.6) is 5.75 Å². The zero-order chi connectivity index (χ0) is 25.2. The van der Waals surface area contributed by atoms with Crippen molar-refractivity contribution in [3.8, 4) is 5.75 Å². The highest BCUT2D eigenvalue weighted by molar-refractivity contribution is 7.98. The fourth-order valence-corrected chi connectivity index (χ4v) is 5.25. The molecule has 1 amide bonds. The summed E-state index contributed by atoms with van der Waals surface area (Å²) in [5, 5.41) is 2.11. The molecule has 190 valence electrons. The summed E-state index contributed by atoms with van der Waals surface area (Å²) in [6.45, 7) is 4.90. The molecule has 0 spiro atoms. The van der Waals surface area contributed by atoms with Gasteiger partial charge < -0.3 is 24.0 Å². The maximum absolute atomic E-state index is 14.9. The number of halogens is 1. The summed E-state index contributed by atoms with van der Waals surface area (Å²) in [7, 11) is 1.55. The van der Waals surface area contributed by atoms with Gasteiger partial charge in [-0.25, -0.2) is 14.4 Å². The molecule has 5 rings (SSSR count). The number of carbonyl (C=O) groups excluding carboxylic acids is 1. The first kappa shape index (κ1) is 24.7. The lowest BCUT2D eigenvalue weighted by atomic mass is 9.99. The number of amides is 1. The summed E-state index contributed by atoms with van der Waals surface area (Å²) < 4.78 is 31.3. The molecular weight excluding hydrogens is 483 g/mol. The van der Waals surface area contributed by atoms with Gasteiger partial charge in [0.2, 0.25) is 0 Å². The van der Waals surface area contributed by atoms with Crippen LogP contribution in [-0.4, -0.2) is 62.3 Å². The quantitative estimate of drug-likeness (QED) is 0.262. The van der Waals surface area contributed by atoms with Crippen molar-refractivity contribution >= 4 is 39.9 Å². The highest BCUT2D eigenvalue weighted by Gasteiger charge is 2.37. The van der Waals surface area contributed by atoms with Crippen LogP contribution in [0.15, 0.2) is 29.4 Å². The average molecular weight is 513 g/mol. The van der Waals surface area contributed by atoms with Gasteiger partial charge >= 0.3 is 0 Å². The molecule has 2 aromatic carbocycles.